The Hall–Kier alpha value is -5.04. The van der Waals surface area contributed by atoms with Gasteiger partial charge in [-0.1, -0.05) is 176 Å². The molecule has 5 heteroatoms. The van der Waals surface area contributed by atoms with Gasteiger partial charge in [0, 0.05) is 67.4 Å². The minimum absolute atomic E-state index is 1.03. The van der Waals surface area contributed by atoms with Gasteiger partial charge >= 0.3 is 0 Å². The molecule has 0 atom stereocenters. The summed E-state index contributed by atoms with van der Waals surface area (Å²) in [5.74, 6) is 0. The van der Waals surface area contributed by atoms with Gasteiger partial charge in [0.05, 0.1) is 0 Å². The van der Waals surface area contributed by atoms with Crippen LogP contribution in [0.15, 0.2) is 133 Å². The predicted molar refractivity (Wildman–Crippen MR) is 313 cm³/mol. The number of thiophene rings is 4. The molecule has 0 amide bonds. The average molecular weight is 981 g/mol. The summed E-state index contributed by atoms with van der Waals surface area (Å²) in [5, 5.41) is 2.64. The Balaban J connectivity index is 0.842. The molecule has 0 aliphatic heterocycles. The molecule has 0 N–H and O–H groups in total. The van der Waals surface area contributed by atoms with Crippen LogP contribution in [0.2, 0.25) is 0 Å². The van der Waals surface area contributed by atoms with Crippen molar-refractivity contribution in [2.45, 2.75) is 130 Å². The Kier molecular flexibility index (Phi) is 17.5. The zero-order valence-corrected chi connectivity index (χ0v) is 44.4. The Labute approximate surface area is 428 Å². The van der Waals surface area contributed by atoms with Crippen LogP contribution in [-0.4, -0.2) is 4.57 Å². The molecule has 0 bridgehead atoms. The summed E-state index contributed by atoms with van der Waals surface area (Å²) < 4.78 is 2.53. The molecule has 69 heavy (non-hydrogen) atoms. The van der Waals surface area contributed by atoms with E-state index in [-0.39, 0.29) is 0 Å². The summed E-state index contributed by atoms with van der Waals surface area (Å²) in [7, 11) is 0. The lowest BCUT2D eigenvalue weighted by Crippen LogP contribution is -1.96. The van der Waals surface area contributed by atoms with Crippen molar-refractivity contribution in [1.82, 2.24) is 4.57 Å². The van der Waals surface area contributed by atoms with E-state index in [4.69, 9.17) is 0 Å². The standard InChI is InChI=1S/C64H69NS4/c1-4-7-10-12-14-16-18-53-34-38-61(66-53)63-42-40-59(68-63)51-30-24-47(25-31-51)20-22-49-28-36-57-55(45-49)56-46-50(29-37-58(56)65(57)44-9-6-3)23-21-48-26-32-52(33-27-48)60-41-43-64(69-60)62-39-35-54(67-62)19-17-15-13-11-8-5-2/h20-43,45-46H,4-19,44H2,1-3H3/b22-20+,23-21+. The molecule has 9 aromatic rings. The van der Waals surface area contributed by atoms with Gasteiger partial charge in [-0.15, -0.1) is 45.3 Å². The Morgan fingerprint density at radius 1 is 0.333 bits per heavy atom. The molecule has 5 aromatic heterocycles. The number of hydrogen-bond acceptors (Lipinski definition) is 4. The molecule has 354 valence electrons. The van der Waals surface area contributed by atoms with Crippen molar-refractivity contribution in [2.75, 3.05) is 0 Å². The van der Waals surface area contributed by atoms with Crippen LogP contribution in [0.4, 0.5) is 0 Å². The molecule has 0 unspecified atom stereocenters. The van der Waals surface area contributed by atoms with E-state index >= 15 is 0 Å². The molecule has 0 saturated carbocycles. The van der Waals surface area contributed by atoms with Crippen LogP contribution in [-0.2, 0) is 19.4 Å². The summed E-state index contributed by atoms with van der Waals surface area (Å²) >= 11 is 7.77. The number of aryl methyl sites for hydroxylation is 3. The summed E-state index contributed by atoms with van der Waals surface area (Å²) in [4.78, 5) is 11.2. The Bertz CT molecular complexity index is 2860. The Morgan fingerprint density at radius 3 is 1.14 bits per heavy atom. The molecule has 5 heterocycles. The molecule has 0 fully saturated rings. The monoisotopic (exact) mass is 979 g/mol. The second-order valence-electron chi connectivity index (χ2n) is 18.9. The first-order valence-corrected chi connectivity index (χ1v) is 29.3. The van der Waals surface area contributed by atoms with Crippen molar-refractivity contribution < 1.29 is 0 Å². The maximum absolute atomic E-state index is 2.53. The molecule has 0 saturated heterocycles. The lowest BCUT2D eigenvalue weighted by atomic mass is 10.0. The number of nitrogens with zero attached hydrogens (tertiary/aromatic N) is 1. The van der Waals surface area contributed by atoms with Crippen molar-refractivity contribution in [2.24, 2.45) is 0 Å². The van der Waals surface area contributed by atoms with Gasteiger partial charge in [0.25, 0.3) is 0 Å². The van der Waals surface area contributed by atoms with Crippen molar-refractivity contribution in [1.29, 1.82) is 0 Å². The second-order valence-corrected chi connectivity index (χ2v) is 23.4. The van der Waals surface area contributed by atoms with Crippen molar-refractivity contribution in [3.63, 3.8) is 0 Å². The average Bonchev–Trinajstić information content (AvgIpc) is 4.26. The first-order valence-electron chi connectivity index (χ1n) is 26.1. The molecule has 4 aromatic carbocycles. The summed E-state index contributed by atoms with van der Waals surface area (Å²) in [5.41, 5.74) is 10.1. The highest BCUT2D eigenvalue weighted by Crippen LogP contribution is 2.40. The zero-order valence-electron chi connectivity index (χ0n) is 41.1. The molecular formula is C64H69NS4. The molecular weight excluding hydrogens is 911 g/mol. The van der Waals surface area contributed by atoms with Gasteiger partial charge in [-0.05, 0) is 138 Å². The number of aromatic nitrogens is 1. The van der Waals surface area contributed by atoms with E-state index in [0.29, 0.717) is 0 Å². The maximum atomic E-state index is 2.53. The van der Waals surface area contributed by atoms with Crippen LogP contribution in [0.1, 0.15) is 143 Å². The van der Waals surface area contributed by atoms with E-state index in [1.165, 1.54) is 191 Å². The topological polar surface area (TPSA) is 4.93 Å². The minimum atomic E-state index is 1.03. The second kappa shape index (κ2) is 24.7. The lowest BCUT2D eigenvalue weighted by molar-refractivity contribution is 0.609. The zero-order chi connectivity index (χ0) is 47.2. The third-order valence-corrected chi connectivity index (χ3v) is 18.5. The lowest BCUT2D eigenvalue weighted by Gasteiger charge is -2.06. The normalized spacial score (nSPS) is 12.0. The summed E-state index contributed by atoms with van der Waals surface area (Å²) in [6, 6.07) is 50.7. The number of fused-ring (bicyclic) bond motifs is 3. The van der Waals surface area contributed by atoms with Gasteiger partial charge in [0.15, 0.2) is 0 Å². The van der Waals surface area contributed by atoms with Gasteiger partial charge < -0.3 is 4.57 Å². The largest absolute Gasteiger partial charge is 0.340 e. The van der Waals surface area contributed by atoms with E-state index in [0.717, 1.165) is 13.0 Å². The quantitative estimate of drug-likeness (QED) is 0.0397. The van der Waals surface area contributed by atoms with Crippen LogP contribution in [0.5, 0.6) is 0 Å². The van der Waals surface area contributed by atoms with E-state index in [9.17, 15) is 0 Å². The molecule has 9 rings (SSSR count). The highest BCUT2D eigenvalue weighted by atomic mass is 32.1. The number of unbranched alkanes of at least 4 members (excludes halogenated alkanes) is 11. The van der Waals surface area contributed by atoms with Gasteiger partial charge in [-0.25, -0.2) is 0 Å². The number of benzene rings is 4. The fourth-order valence-corrected chi connectivity index (χ4v) is 13.8. The number of hydrogen-bond donors (Lipinski definition) is 0. The van der Waals surface area contributed by atoms with Gasteiger partial charge in [-0.3, -0.25) is 0 Å². The van der Waals surface area contributed by atoms with Crippen LogP contribution < -0.4 is 0 Å². The van der Waals surface area contributed by atoms with Crippen molar-refractivity contribution in [3.05, 3.63) is 165 Å². The fourth-order valence-electron chi connectivity index (χ4n) is 9.51. The van der Waals surface area contributed by atoms with E-state index in [2.05, 4.69) is 183 Å². The molecule has 0 aliphatic carbocycles. The van der Waals surface area contributed by atoms with E-state index in [1.54, 1.807) is 0 Å². The van der Waals surface area contributed by atoms with Crippen LogP contribution in [0.25, 0.3) is 86.5 Å². The first-order chi connectivity index (χ1) is 34.0. The molecule has 0 aliphatic rings. The van der Waals surface area contributed by atoms with E-state index < -0.39 is 0 Å². The fraction of sp³-hybridized carbons (Fsp3) is 0.312. The SMILES string of the molecule is CCCCCCCCc1ccc(-c2ccc(-c3ccc(/C=C/c4ccc5c(c4)c4cc(/C=C/c6ccc(-c7ccc(-c8ccc(CCCCCCCC)s8)s7)cc6)ccc4n5CCCC)cc3)s2)s1. The minimum Gasteiger partial charge on any atom is -0.340 e. The van der Waals surface area contributed by atoms with Crippen LogP contribution in [0, 0.1) is 0 Å². The molecule has 0 radical (unpaired) electrons. The van der Waals surface area contributed by atoms with Crippen LogP contribution in [0.3, 0.4) is 0 Å². The van der Waals surface area contributed by atoms with Gasteiger partial charge in [-0.2, -0.15) is 0 Å². The predicted octanol–water partition coefficient (Wildman–Crippen LogP) is 21.7. The maximum Gasteiger partial charge on any atom is 0.0491 e. The van der Waals surface area contributed by atoms with Gasteiger partial charge in [0.2, 0.25) is 0 Å². The summed E-state index contributed by atoms with van der Waals surface area (Å²) in [6.07, 6.45) is 30.0. The molecule has 1 nitrogen and oxygen atoms in total. The summed E-state index contributed by atoms with van der Waals surface area (Å²) in [6.45, 7) is 7.89. The molecule has 0 spiro atoms. The van der Waals surface area contributed by atoms with Crippen molar-refractivity contribution >= 4 is 91.5 Å². The third kappa shape index (κ3) is 12.8. The first kappa shape index (κ1) is 49.0. The smallest absolute Gasteiger partial charge is 0.0491 e. The Morgan fingerprint density at radius 2 is 0.696 bits per heavy atom. The van der Waals surface area contributed by atoms with E-state index in [1.807, 2.05) is 45.3 Å². The van der Waals surface area contributed by atoms with Crippen molar-refractivity contribution in [3.8, 4) is 40.4 Å². The highest BCUT2D eigenvalue weighted by Gasteiger charge is 2.13. The highest BCUT2D eigenvalue weighted by molar-refractivity contribution is 7.24. The van der Waals surface area contributed by atoms with Crippen LogP contribution >= 0.6 is 45.3 Å². The van der Waals surface area contributed by atoms with Gasteiger partial charge in [0.1, 0.15) is 0 Å². The third-order valence-electron chi connectivity index (χ3n) is 13.5. The number of rotatable bonds is 25.